The van der Waals surface area contributed by atoms with Gasteiger partial charge in [-0.05, 0) is 43.9 Å². The van der Waals surface area contributed by atoms with Crippen molar-refractivity contribution in [1.82, 2.24) is 0 Å². The van der Waals surface area contributed by atoms with Crippen molar-refractivity contribution in [3.8, 4) is 0 Å². The van der Waals surface area contributed by atoms with Crippen LogP contribution in [0.1, 0.15) is 37.7 Å². The molecular formula is C16H24N2O. The van der Waals surface area contributed by atoms with E-state index in [1.807, 2.05) is 6.92 Å². The molecule has 3 heteroatoms. The summed E-state index contributed by atoms with van der Waals surface area (Å²) in [6, 6.07) is 6.31. The van der Waals surface area contributed by atoms with E-state index >= 15 is 0 Å². The molecule has 3 N–H and O–H groups in total. The first-order valence-corrected chi connectivity index (χ1v) is 7.42. The van der Waals surface area contributed by atoms with Gasteiger partial charge in [-0.3, -0.25) is 0 Å². The van der Waals surface area contributed by atoms with Gasteiger partial charge in [0.15, 0.2) is 0 Å². The van der Waals surface area contributed by atoms with Crippen LogP contribution in [0.25, 0.3) is 0 Å². The highest BCUT2D eigenvalue weighted by molar-refractivity contribution is 5.60. The zero-order chi connectivity index (χ0) is 13.5. The molecule has 2 fully saturated rings. The number of nitrogen functional groups attached to an aromatic ring is 1. The van der Waals surface area contributed by atoms with Crippen LogP contribution in [0.2, 0.25) is 0 Å². The first-order chi connectivity index (χ1) is 9.08. The summed E-state index contributed by atoms with van der Waals surface area (Å²) in [6.07, 6.45) is 5.49. The third-order valence-corrected chi connectivity index (χ3v) is 5.06. The minimum Gasteiger partial charge on any atom is -0.398 e. The lowest BCUT2D eigenvalue weighted by molar-refractivity contribution is -0.0612. The molecule has 19 heavy (non-hydrogen) atoms. The molecule has 3 nitrogen and oxygen atoms in total. The predicted molar refractivity (Wildman–Crippen MR) is 79.3 cm³/mol. The van der Waals surface area contributed by atoms with E-state index in [2.05, 4.69) is 23.1 Å². The van der Waals surface area contributed by atoms with E-state index in [4.69, 9.17) is 5.73 Å². The number of rotatable bonds is 1. The Labute approximate surface area is 115 Å². The van der Waals surface area contributed by atoms with Crippen LogP contribution in [-0.4, -0.2) is 23.8 Å². The Bertz CT molecular complexity index is 474. The fraction of sp³-hybridized carbons (Fsp3) is 0.625. The summed E-state index contributed by atoms with van der Waals surface area (Å²) in [6.45, 7) is 3.95. The lowest BCUT2D eigenvalue weighted by Crippen LogP contribution is -2.53. The lowest BCUT2D eigenvalue weighted by atomic mass is 9.71. The number of piperidine rings is 1. The smallest absolute Gasteiger partial charge is 0.0709 e. The van der Waals surface area contributed by atoms with Crippen LogP contribution in [0.4, 0.5) is 11.4 Å². The van der Waals surface area contributed by atoms with Crippen LogP contribution in [0.5, 0.6) is 0 Å². The molecule has 0 bridgehead atoms. The molecule has 0 aromatic heterocycles. The molecule has 1 saturated carbocycles. The SMILES string of the molecule is Cc1ccc(N2CCC3(O)CCCCC3C2)cc1N. The van der Waals surface area contributed by atoms with E-state index < -0.39 is 5.60 Å². The second-order valence-corrected chi connectivity index (χ2v) is 6.28. The number of aliphatic hydroxyl groups is 1. The number of fused-ring (bicyclic) bond motifs is 1. The van der Waals surface area contributed by atoms with Gasteiger partial charge in [0.25, 0.3) is 0 Å². The molecule has 1 aliphatic heterocycles. The van der Waals surface area contributed by atoms with E-state index in [-0.39, 0.29) is 0 Å². The molecule has 2 unspecified atom stereocenters. The van der Waals surface area contributed by atoms with Crippen molar-refractivity contribution in [2.75, 3.05) is 23.7 Å². The van der Waals surface area contributed by atoms with Crippen LogP contribution >= 0.6 is 0 Å². The molecule has 1 saturated heterocycles. The van der Waals surface area contributed by atoms with E-state index in [0.717, 1.165) is 43.6 Å². The van der Waals surface area contributed by atoms with Crippen LogP contribution in [0.3, 0.4) is 0 Å². The Kier molecular flexibility index (Phi) is 3.17. The lowest BCUT2D eigenvalue weighted by Gasteiger charge is -2.48. The third kappa shape index (κ3) is 2.32. The second-order valence-electron chi connectivity index (χ2n) is 6.28. The van der Waals surface area contributed by atoms with Crippen molar-refractivity contribution in [3.63, 3.8) is 0 Å². The van der Waals surface area contributed by atoms with E-state index in [1.54, 1.807) is 0 Å². The van der Waals surface area contributed by atoms with Gasteiger partial charge >= 0.3 is 0 Å². The second kappa shape index (κ2) is 4.71. The summed E-state index contributed by atoms with van der Waals surface area (Å²) < 4.78 is 0. The number of nitrogens with zero attached hydrogens (tertiary/aromatic N) is 1. The quantitative estimate of drug-likeness (QED) is 0.763. The highest BCUT2D eigenvalue weighted by Crippen LogP contribution is 2.41. The summed E-state index contributed by atoms with van der Waals surface area (Å²) >= 11 is 0. The number of aryl methyl sites for hydroxylation is 1. The minimum atomic E-state index is -0.398. The Morgan fingerprint density at radius 1 is 1.32 bits per heavy atom. The Morgan fingerprint density at radius 3 is 2.95 bits per heavy atom. The van der Waals surface area contributed by atoms with Gasteiger partial charge in [-0.2, -0.15) is 0 Å². The molecule has 104 valence electrons. The fourth-order valence-electron chi connectivity index (χ4n) is 3.63. The van der Waals surface area contributed by atoms with Gasteiger partial charge < -0.3 is 15.7 Å². The molecule has 3 rings (SSSR count). The maximum atomic E-state index is 10.7. The summed E-state index contributed by atoms with van der Waals surface area (Å²) in [5.74, 6) is 0.428. The Morgan fingerprint density at radius 2 is 2.16 bits per heavy atom. The zero-order valence-corrected chi connectivity index (χ0v) is 11.7. The minimum absolute atomic E-state index is 0.398. The van der Waals surface area contributed by atoms with Crippen molar-refractivity contribution in [3.05, 3.63) is 23.8 Å². The summed E-state index contributed by atoms with van der Waals surface area (Å²) in [7, 11) is 0. The molecule has 1 heterocycles. The summed E-state index contributed by atoms with van der Waals surface area (Å²) in [5, 5.41) is 10.7. The first kappa shape index (κ1) is 12.8. The average molecular weight is 260 g/mol. The van der Waals surface area contributed by atoms with Crippen molar-refractivity contribution >= 4 is 11.4 Å². The fourth-order valence-corrected chi connectivity index (χ4v) is 3.63. The average Bonchev–Trinajstić information content (AvgIpc) is 2.41. The van der Waals surface area contributed by atoms with Gasteiger partial charge in [-0.1, -0.05) is 18.9 Å². The summed E-state index contributed by atoms with van der Waals surface area (Å²) in [5.41, 5.74) is 8.81. The zero-order valence-electron chi connectivity index (χ0n) is 11.7. The highest BCUT2D eigenvalue weighted by atomic mass is 16.3. The molecule has 2 atom stereocenters. The number of nitrogens with two attached hydrogens (primary N) is 1. The largest absolute Gasteiger partial charge is 0.398 e. The van der Waals surface area contributed by atoms with Crippen LogP contribution in [0.15, 0.2) is 18.2 Å². The number of hydrogen-bond acceptors (Lipinski definition) is 3. The van der Waals surface area contributed by atoms with Gasteiger partial charge in [-0.15, -0.1) is 0 Å². The highest BCUT2D eigenvalue weighted by Gasteiger charge is 2.42. The van der Waals surface area contributed by atoms with Crippen LogP contribution in [0, 0.1) is 12.8 Å². The maximum Gasteiger partial charge on any atom is 0.0709 e. The van der Waals surface area contributed by atoms with Crippen molar-refractivity contribution in [1.29, 1.82) is 0 Å². The summed E-state index contributed by atoms with van der Waals surface area (Å²) in [4.78, 5) is 2.39. The first-order valence-electron chi connectivity index (χ1n) is 7.42. The number of anilines is 2. The third-order valence-electron chi connectivity index (χ3n) is 5.06. The van der Waals surface area contributed by atoms with Gasteiger partial charge in [0.05, 0.1) is 5.60 Å². The Hall–Kier alpha value is -1.22. The van der Waals surface area contributed by atoms with E-state index in [9.17, 15) is 5.11 Å². The molecule has 2 aliphatic rings. The van der Waals surface area contributed by atoms with Crippen LogP contribution in [-0.2, 0) is 0 Å². The monoisotopic (exact) mass is 260 g/mol. The topological polar surface area (TPSA) is 49.5 Å². The molecule has 0 amide bonds. The van der Waals surface area contributed by atoms with Crippen molar-refractivity contribution < 1.29 is 5.11 Å². The molecule has 1 aromatic carbocycles. The number of benzene rings is 1. The molecular weight excluding hydrogens is 236 g/mol. The van der Waals surface area contributed by atoms with Crippen molar-refractivity contribution in [2.45, 2.75) is 44.6 Å². The molecule has 0 spiro atoms. The van der Waals surface area contributed by atoms with E-state index in [1.165, 1.54) is 18.5 Å². The maximum absolute atomic E-state index is 10.7. The molecule has 1 aromatic rings. The molecule has 1 aliphatic carbocycles. The normalized spacial score (nSPS) is 31.1. The van der Waals surface area contributed by atoms with Gasteiger partial charge in [0.2, 0.25) is 0 Å². The predicted octanol–water partition coefficient (Wildman–Crippen LogP) is 2.71. The Balaban J connectivity index is 1.78. The van der Waals surface area contributed by atoms with E-state index in [0.29, 0.717) is 5.92 Å². The number of hydrogen-bond donors (Lipinski definition) is 2. The van der Waals surface area contributed by atoms with Gasteiger partial charge in [-0.25, -0.2) is 0 Å². The molecule has 0 radical (unpaired) electrons. The van der Waals surface area contributed by atoms with Gasteiger partial charge in [0.1, 0.15) is 0 Å². The van der Waals surface area contributed by atoms with Crippen molar-refractivity contribution in [2.24, 2.45) is 5.92 Å². The van der Waals surface area contributed by atoms with Crippen LogP contribution < -0.4 is 10.6 Å². The standard InChI is InChI=1S/C16H24N2O/c1-12-5-6-14(10-15(12)17)18-9-8-16(19)7-3-2-4-13(16)11-18/h5-6,10,13,19H,2-4,7-9,11,17H2,1H3. The van der Waals surface area contributed by atoms with Gasteiger partial charge in [0, 0.05) is 30.4 Å².